The lowest BCUT2D eigenvalue weighted by atomic mass is 10.1. The third-order valence-corrected chi connectivity index (χ3v) is 2.64. The van der Waals surface area contributed by atoms with Gasteiger partial charge in [0.2, 0.25) is 0 Å². The van der Waals surface area contributed by atoms with Crippen LogP contribution in [-0.2, 0) is 0 Å². The zero-order chi connectivity index (χ0) is 13.1. The molecule has 18 heavy (non-hydrogen) atoms. The molecule has 1 aromatic carbocycles. The molecule has 1 heterocycles. The van der Waals surface area contributed by atoms with Gasteiger partial charge in [-0.15, -0.1) is 0 Å². The highest BCUT2D eigenvalue weighted by atomic mass is 16.2. The summed E-state index contributed by atoms with van der Waals surface area (Å²) in [6, 6.07) is 6.85. The van der Waals surface area contributed by atoms with Gasteiger partial charge in [-0.05, 0) is 26.2 Å². The first kappa shape index (κ1) is 12.3. The summed E-state index contributed by atoms with van der Waals surface area (Å²) in [5.74, 6) is 5.25. The normalized spacial score (nSPS) is 13.6. The Morgan fingerprint density at radius 2 is 1.61 bits per heavy atom. The summed E-state index contributed by atoms with van der Waals surface area (Å²) in [7, 11) is 3.83. The molecule has 0 radical (unpaired) electrons. The molecule has 2 amide bonds. The van der Waals surface area contributed by atoms with Crippen molar-refractivity contribution in [3.8, 4) is 11.8 Å². The summed E-state index contributed by atoms with van der Waals surface area (Å²) >= 11 is 0. The monoisotopic (exact) mass is 242 g/mol. The van der Waals surface area contributed by atoms with Crippen molar-refractivity contribution in [2.24, 2.45) is 0 Å². The SMILES string of the molecule is CN(C)CC#CCN1C(=O)c2ccccc2C1=O. The van der Waals surface area contributed by atoms with E-state index in [2.05, 4.69) is 11.8 Å². The van der Waals surface area contributed by atoms with E-state index in [0.29, 0.717) is 17.7 Å². The molecule has 1 aliphatic rings. The Balaban J connectivity index is 2.11. The minimum absolute atomic E-state index is 0.153. The number of benzene rings is 1. The molecule has 1 aliphatic heterocycles. The highest BCUT2D eigenvalue weighted by Gasteiger charge is 2.34. The second kappa shape index (κ2) is 5.03. The molecule has 0 atom stereocenters. The fourth-order valence-electron chi connectivity index (χ4n) is 1.73. The number of nitrogens with zero attached hydrogens (tertiary/aromatic N) is 2. The van der Waals surface area contributed by atoms with Crippen molar-refractivity contribution in [1.82, 2.24) is 9.80 Å². The first-order valence-electron chi connectivity index (χ1n) is 5.67. The Morgan fingerprint density at radius 3 is 2.11 bits per heavy atom. The number of rotatable bonds is 2. The standard InChI is InChI=1S/C14H14N2O2/c1-15(2)9-5-6-10-16-13(17)11-7-3-4-8-12(11)14(16)18/h3-4,7-8H,9-10H2,1-2H3. The molecule has 0 bridgehead atoms. The Hall–Kier alpha value is -2.12. The fraction of sp³-hybridized carbons (Fsp3) is 0.286. The van der Waals surface area contributed by atoms with Crippen molar-refractivity contribution in [2.75, 3.05) is 27.2 Å². The van der Waals surface area contributed by atoms with E-state index in [4.69, 9.17) is 0 Å². The first-order chi connectivity index (χ1) is 8.61. The van der Waals surface area contributed by atoms with E-state index < -0.39 is 0 Å². The van der Waals surface area contributed by atoms with Gasteiger partial charge in [-0.25, -0.2) is 0 Å². The maximum Gasteiger partial charge on any atom is 0.262 e. The summed E-state index contributed by atoms with van der Waals surface area (Å²) in [5, 5.41) is 0. The van der Waals surface area contributed by atoms with E-state index in [1.807, 2.05) is 19.0 Å². The van der Waals surface area contributed by atoms with Gasteiger partial charge in [0.15, 0.2) is 0 Å². The number of amides is 2. The summed E-state index contributed by atoms with van der Waals surface area (Å²) in [4.78, 5) is 27.0. The molecular formula is C14H14N2O2. The topological polar surface area (TPSA) is 40.6 Å². The molecule has 1 aromatic rings. The van der Waals surface area contributed by atoms with Gasteiger partial charge in [0.05, 0.1) is 24.2 Å². The molecule has 0 aromatic heterocycles. The van der Waals surface area contributed by atoms with Crippen LogP contribution in [0, 0.1) is 11.8 Å². The van der Waals surface area contributed by atoms with E-state index in [0.717, 1.165) is 0 Å². The van der Waals surface area contributed by atoms with Gasteiger partial charge in [0.25, 0.3) is 11.8 Å². The number of fused-ring (bicyclic) bond motifs is 1. The molecule has 0 fully saturated rings. The summed E-state index contributed by atoms with van der Waals surface area (Å²) in [6.07, 6.45) is 0. The molecule has 4 heteroatoms. The van der Waals surface area contributed by atoms with Crippen LogP contribution in [0.4, 0.5) is 0 Å². The van der Waals surface area contributed by atoms with Crippen molar-refractivity contribution in [3.63, 3.8) is 0 Å². The van der Waals surface area contributed by atoms with Crippen molar-refractivity contribution < 1.29 is 9.59 Å². The van der Waals surface area contributed by atoms with Gasteiger partial charge in [0, 0.05) is 0 Å². The maximum absolute atomic E-state index is 12.0. The minimum atomic E-state index is -0.255. The van der Waals surface area contributed by atoms with Crippen LogP contribution >= 0.6 is 0 Å². The van der Waals surface area contributed by atoms with Crippen molar-refractivity contribution >= 4 is 11.8 Å². The average molecular weight is 242 g/mol. The van der Waals surface area contributed by atoms with Crippen LogP contribution in [0.1, 0.15) is 20.7 Å². The summed E-state index contributed by atoms with van der Waals surface area (Å²) in [5.41, 5.74) is 0.939. The smallest absolute Gasteiger partial charge is 0.262 e. The van der Waals surface area contributed by atoms with E-state index in [-0.39, 0.29) is 18.4 Å². The molecule has 92 valence electrons. The van der Waals surface area contributed by atoms with Crippen LogP contribution in [0.15, 0.2) is 24.3 Å². The van der Waals surface area contributed by atoms with Crippen LogP contribution in [0.2, 0.25) is 0 Å². The van der Waals surface area contributed by atoms with Gasteiger partial charge in [0.1, 0.15) is 0 Å². The van der Waals surface area contributed by atoms with Crippen LogP contribution in [0.25, 0.3) is 0 Å². The lowest BCUT2D eigenvalue weighted by Crippen LogP contribution is -2.30. The second-order valence-corrected chi connectivity index (χ2v) is 4.33. The van der Waals surface area contributed by atoms with Crippen LogP contribution in [0.3, 0.4) is 0 Å². The molecule has 0 N–H and O–H groups in total. The highest BCUT2D eigenvalue weighted by Crippen LogP contribution is 2.21. The van der Waals surface area contributed by atoms with E-state index >= 15 is 0 Å². The largest absolute Gasteiger partial charge is 0.299 e. The van der Waals surface area contributed by atoms with E-state index in [9.17, 15) is 9.59 Å². The van der Waals surface area contributed by atoms with Crippen LogP contribution < -0.4 is 0 Å². The highest BCUT2D eigenvalue weighted by molar-refractivity contribution is 6.21. The van der Waals surface area contributed by atoms with Gasteiger partial charge in [-0.3, -0.25) is 19.4 Å². The Kier molecular flexibility index (Phi) is 3.45. The molecule has 0 spiro atoms. The van der Waals surface area contributed by atoms with Gasteiger partial charge in [-0.1, -0.05) is 24.0 Å². The maximum atomic E-state index is 12.0. The number of hydrogen-bond donors (Lipinski definition) is 0. The lowest BCUT2D eigenvalue weighted by molar-refractivity contribution is 0.0675. The summed E-state index contributed by atoms with van der Waals surface area (Å²) in [6.45, 7) is 0.767. The third-order valence-electron chi connectivity index (χ3n) is 2.64. The molecule has 0 aliphatic carbocycles. The molecular weight excluding hydrogens is 228 g/mol. The predicted octanol–water partition coefficient (Wildman–Crippen LogP) is 0.848. The van der Waals surface area contributed by atoms with Crippen LogP contribution in [-0.4, -0.2) is 48.8 Å². The zero-order valence-electron chi connectivity index (χ0n) is 10.4. The second-order valence-electron chi connectivity index (χ2n) is 4.33. The Bertz CT molecular complexity index is 517. The predicted molar refractivity (Wildman–Crippen MR) is 68.1 cm³/mol. The Morgan fingerprint density at radius 1 is 1.06 bits per heavy atom. The van der Waals surface area contributed by atoms with Gasteiger partial charge >= 0.3 is 0 Å². The molecule has 4 nitrogen and oxygen atoms in total. The minimum Gasteiger partial charge on any atom is -0.299 e. The summed E-state index contributed by atoms with van der Waals surface area (Å²) < 4.78 is 0. The van der Waals surface area contributed by atoms with Crippen molar-refractivity contribution in [2.45, 2.75) is 0 Å². The quantitative estimate of drug-likeness (QED) is 0.570. The lowest BCUT2D eigenvalue weighted by Gasteiger charge is -2.08. The third kappa shape index (κ3) is 2.27. The van der Waals surface area contributed by atoms with Crippen molar-refractivity contribution in [3.05, 3.63) is 35.4 Å². The average Bonchev–Trinajstić information content (AvgIpc) is 2.59. The molecule has 2 rings (SSSR count). The van der Waals surface area contributed by atoms with Gasteiger partial charge in [-0.2, -0.15) is 0 Å². The Labute approximate surface area is 106 Å². The van der Waals surface area contributed by atoms with Crippen LogP contribution in [0.5, 0.6) is 0 Å². The molecule has 0 saturated heterocycles. The van der Waals surface area contributed by atoms with Crippen molar-refractivity contribution in [1.29, 1.82) is 0 Å². The number of carbonyl (C=O) groups excluding carboxylic acids is 2. The first-order valence-corrected chi connectivity index (χ1v) is 5.67. The molecule has 0 unspecified atom stereocenters. The van der Waals surface area contributed by atoms with E-state index in [1.165, 1.54) is 4.90 Å². The number of hydrogen-bond acceptors (Lipinski definition) is 3. The number of carbonyl (C=O) groups is 2. The zero-order valence-corrected chi connectivity index (χ0v) is 10.4. The van der Waals surface area contributed by atoms with E-state index in [1.54, 1.807) is 24.3 Å². The molecule has 0 saturated carbocycles. The fourth-order valence-corrected chi connectivity index (χ4v) is 1.73. The number of imide groups is 1. The van der Waals surface area contributed by atoms with Gasteiger partial charge < -0.3 is 0 Å².